The first-order valence-corrected chi connectivity index (χ1v) is 10.6. The summed E-state index contributed by atoms with van der Waals surface area (Å²) in [5, 5.41) is 9.23. The predicted octanol–water partition coefficient (Wildman–Crippen LogP) is 1.84. The molecule has 1 aromatic heterocycles. The molecule has 3 rings (SSSR count). The summed E-state index contributed by atoms with van der Waals surface area (Å²) in [6, 6.07) is 3.49. The van der Waals surface area contributed by atoms with E-state index >= 15 is 0 Å². The molecule has 0 aliphatic carbocycles. The van der Waals surface area contributed by atoms with Crippen molar-refractivity contribution in [1.82, 2.24) is 14.5 Å². The van der Waals surface area contributed by atoms with Gasteiger partial charge >= 0.3 is 0 Å². The van der Waals surface area contributed by atoms with Crippen LogP contribution >= 0.6 is 23.2 Å². The number of fused-ring (bicyclic) bond motifs is 1. The van der Waals surface area contributed by atoms with Crippen LogP contribution in [0.1, 0.15) is 19.4 Å². The molecule has 2 heterocycles. The van der Waals surface area contributed by atoms with Gasteiger partial charge in [0.05, 0.1) is 16.9 Å². The van der Waals surface area contributed by atoms with Crippen molar-refractivity contribution in [3.05, 3.63) is 44.8 Å². The maximum atomic E-state index is 12.5. The topological polar surface area (TPSA) is 122 Å². The number of hydrogen-bond donors (Lipinski definition) is 3. The van der Waals surface area contributed by atoms with Crippen molar-refractivity contribution in [1.29, 1.82) is 0 Å². The molecule has 1 aliphatic rings. The van der Waals surface area contributed by atoms with E-state index in [4.69, 9.17) is 23.2 Å². The van der Waals surface area contributed by atoms with E-state index in [9.17, 15) is 18.0 Å². The molecule has 1 amide bonds. The number of nitrogens with zero attached hydrogens (tertiary/aromatic N) is 2. The zero-order chi connectivity index (χ0) is 20.5. The molecule has 0 spiro atoms. The molecule has 1 aliphatic heterocycles. The van der Waals surface area contributed by atoms with Gasteiger partial charge in [0.25, 0.3) is 5.56 Å². The van der Waals surface area contributed by atoms with Crippen molar-refractivity contribution in [3.63, 3.8) is 0 Å². The number of benzene rings is 1. The molecular formula is C16H17Cl2N5O4S. The second-order valence-corrected chi connectivity index (χ2v) is 8.63. The summed E-state index contributed by atoms with van der Waals surface area (Å²) in [5.74, 6) is -0.572. The van der Waals surface area contributed by atoms with Gasteiger partial charge in [-0.25, -0.2) is 17.8 Å². The molecule has 0 saturated heterocycles. The number of anilines is 2. The van der Waals surface area contributed by atoms with Crippen LogP contribution in [0, 0.1) is 0 Å². The average Bonchev–Trinajstić information content (AvgIpc) is 2.65. The molecule has 0 bridgehead atoms. The van der Waals surface area contributed by atoms with E-state index in [1.165, 1.54) is 19.2 Å². The Morgan fingerprint density at radius 1 is 1.32 bits per heavy atom. The van der Waals surface area contributed by atoms with E-state index in [-0.39, 0.29) is 20.6 Å². The highest BCUT2D eigenvalue weighted by atomic mass is 35.5. The molecule has 0 radical (unpaired) electrons. The first-order chi connectivity index (χ1) is 13.2. The van der Waals surface area contributed by atoms with E-state index in [1.807, 2.05) is 0 Å². The molecule has 2 aromatic rings. The van der Waals surface area contributed by atoms with E-state index in [1.54, 1.807) is 12.1 Å². The van der Waals surface area contributed by atoms with E-state index in [0.29, 0.717) is 25.2 Å². The molecule has 9 nitrogen and oxygen atoms in total. The third kappa shape index (κ3) is 4.14. The van der Waals surface area contributed by atoms with Crippen LogP contribution in [0.4, 0.5) is 11.4 Å². The van der Waals surface area contributed by atoms with Gasteiger partial charge in [-0.05, 0) is 31.5 Å². The van der Waals surface area contributed by atoms with Crippen LogP contribution in [0.25, 0.3) is 0 Å². The zero-order valence-corrected chi connectivity index (χ0v) is 17.0. The van der Waals surface area contributed by atoms with Crippen LogP contribution in [0.2, 0.25) is 10.0 Å². The van der Waals surface area contributed by atoms with Crippen molar-refractivity contribution in [3.8, 4) is 0 Å². The Morgan fingerprint density at radius 3 is 2.82 bits per heavy atom. The Hall–Kier alpha value is -2.14. The number of hydrogen-bond acceptors (Lipinski definition) is 6. The van der Waals surface area contributed by atoms with Crippen molar-refractivity contribution in [2.45, 2.75) is 24.3 Å². The molecule has 0 fully saturated rings. The normalized spacial score (nSPS) is 16.8. The summed E-state index contributed by atoms with van der Waals surface area (Å²) in [6.45, 7) is 2.39. The number of rotatable bonds is 3. The molecule has 12 heteroatoms. The number of sulfonamides is 1. The van der Waals surface area contributed by atoms with Crippen molar-refractivity contribution >= 4 is 50.5 Å². The van der Waals surface area contributed by atoms with Crippen molar-refractivity contribution in [2.24, 2.45) is 0 Å². The molecular weight excluding hydrogens is 429 g/mol. The van der Waals surface area contributed by atoms with Crippen molar-refractivity contribution in [2.75, 3.05) is 23.7 Å². The summed E-state index contributed by atoms with van der Waals surface area (Å²) in [4.78, 5) is 24.7. The highest BCUT2D eigenvalue weighted by Crippen LogP contribution is 2.26. The van der Waals surface area contributed by atoms with E-state index in [0.717, 1.165) is 4.68 Å². The Morgan fingerprint density at radius 2 is 2.07 bits per heavy atom. The van der Waals surface area contributed by atoms with Gasteiger partial charge in [0.1, 0.15) is 16.0 Å². The van der Waals surface area contributed by atoms with Gasteiger partial charge in [0, 0.05) is 18.8 Å². The predicted molar refractivity (Wildman–Crippen MR) is 107 cm³/mol. The van der Waals surface area contributed by atoms with E-state index < -0.39 is 27.5 Å². The summed E-state index contributed by atoms with van der Waals surface area (Å²) >= 11 is 11.6. The minimum atomic E-state index is -3.71. The van der Waals surface area contributed by atoms with Crippen molar-refractivity contribution < 1.29 is 13.2 Å². The highest BCUT2D eigenvalue weighted by molar-refractivity contribution is 7.89. The first-order valence-electron chi connectivity index (χ1n) is 8.32. The second-order valence-electron chi connectivity index (χ2n) is 6.11. The largest absolute Gasteiger partial charge is 0.384 e. The summed E-state index contributed by atoms with van der Waals surface area (Å²) in [5.41, 5.74) is 0.00282. The number of aromatic nitrogens is 2. The summed E-state index contributed by atoms with van der Waals surface area (Å²) in [6.07, 6.45) is 1.82. The van der Waals surface area contributed by atoms with Gasteiger partial charge in [-0.1, -0.05) is 23.2 Å². The fraction of sp³-hybridized carbons (Fsp3) is 0.312. The Labute approximate surface area is 171 Å². The third-order valence-electron chi connectivity index (χ3n) is 4.15. The van der Waals surface area contributed by atoms with Gasteiger partial charge in [0.15, 0.2) is 0 Å². The lowest BCUT2D eigenvalue weighted by molar-refractivity contribution is -0.119. The summed E-state index contributed by atoms with van der Waals surface area (Å²) in [7, 11) is -3.71. The smallest absolute Gasteiger partial charge is 0.287 e. The SMILES string of the molecule is C[C@@H](C(=O)Nc1ccc2c(c1)S(=O)(=O)NCCCN2)n1ncc(Cl)c(Cl)c1=O. The number of carbonyl (C=O) groups excluding carboxylic acids is 1. The van der Waals surface area contributed by atoms with Crippen LogP contribution in [-0.4, -0.2) is 37.2 Å². The highest BCUT2D eigenvalue weighted by Gasteiger charge is 2.23. The van der Waals surface area contributed by atoms with E-state index in [2.05, 4.69) is 20.5 Å². The van der Waals surface area contributed by atoms with Gasteiger partial charge in [0.2, 0.25) is 15.9 Å². The number of carbonyl (C=O) groups is 1. The number of nitrogens with one attached hydrogen (secondary N) is 3. The summed E-state index contributed by atoms with van der Waals surface area (Å²) < 4.78 is 28.2. The molecule has 1 aromatic carbocycles. The fourth-order valence-electron chi connectivity index (χ4n) is 2.62. The standard InChI is InChI=1S/C16H17Cl2N5O4S/c1-9(23-16(25)14(18)11(17)8-20-23)15(24)22-10-3-4-12-13(7-10)28(26,27)21-6-2-5-19-12/h3-4,7-9,19,21H,2,5-6H2,1H3,(H,22,24)/t9-/m0/s1. The third-order valence-corrected chi connectivity index (χ3v) is 6.40. The monoisotopic (exact) mass is 445 g/mol. The fourth-order valence-corrected chi connectivity index (χ4v) is 4.16. The maximum Gasteiger partial charge on any atom is 0.287 e. The van der Waals surface area contributed by atoms with Crippen LogP contribution in [-0.2, 0) is 14.8 Å². The lowest BCUT2D eigenvalue weighted by Gasteiger charge is -2.19. The van der Waals surface area contributed by atoms with Gasteiger partial charge in [-0.3, -0.25) is 9.59 Å². The lowest BCUT2D eigenvalue weighted by atomic mass is 10.2. The van der Waals surface area contributed by atoms with Crippen LogP contribution < -0.4 is 20.9 Å². The Bertz CT molecular complexity index is 1090. The number of halogens is 2. The van der Waals surface area contributed by atoms with Gasteiger partial charge < -0.3 is 10.6 Å². The molecule has 1 atom stereocenters. The Kier molecular flexibility index (Phi) is 5.94. The van der Waals surface area contributed by atoms with Crippen LogP contribution in [0.5, 0.6) is 0 Å². The average molecular weight is 446 g/mol. The van der Waals surface area contributed by atoms with Gasteiger partial charge in [-0.2, -0.15) is 5.10 Å². The second kappa shape index (κ2) is 8.08. The molecule has 28 heavy (non-hydrogen) atoms. The van der Waals surface area contributed by atoms with Gasteiger partial charge in [-0.15, -0.1) is 0 Å². The lowest BCUT2D eigenvalue weighted by Crippen LogP contribution is -2.33. The van der Waals surface area contributed by atoms with Crippen LogP contribution in [0.15, 0.2) is 34.1 Å². The molecule has 0 unspecified atom stereocenters. The Balaban J connectivity index is 1.88. The first kappa shape index (κ1) is 20.6. The molecule has 3 N–H and O–H groups in total. The molecule has 150 valence electrons. The minimum Gasteiger partial charge on any atom is -0.384 e. The zero-order valence-electron chi connectivity index (χ0n) is 14.7. The number of amides is 1. The quantitative estimate of drug-likeness (QED) is 0.662. The van der Waals surface area contributed by atoms with Crippen LogP contribution in [0.3, 0.4) is 0 Å². The minimum absolute atomic E-state index is 0.0117. The maximum absolute atomic E-state index is 12.5. The molecule has 0 saturated carbocycles.